The molecule has 0 aliphatic rings. The number of aliphatic carboxylic acids is 1. The fraction of sp³-hybridized carbons (Fsp3) is 0.333. The van der Waals surface area contributed by atoms with Gasteiger partial charge < -0.3 is 20.9 Å². The van der Waals surface area contributed by atoms with E-state index >= 15 is 0 Å². The Labute approximate surface area is 87.1 Å². The lowest BCUT2D eigenvalue weighted by Gasteiger charge is -2.08. The number of ether oxygens (including phenoxy) is 1. The topological polar surface area (TPSA) is 97.5 Å². The Kier molecular flexibility index (Phi) is 3.73. The van der Waals surface area contributed by atoms with Gasteiger partial charge in [0.2, 0.25) is 5.88 Å². The molecule has 4 N–H and O–H groups in total. The molecule has 0 bridgehead atoms. The highest BCUT2D eigenvalue weighted by Gasteiger charge is 2.04. The zero-order valence-electron chi connectivity index (χ0n) is 8.36. The van der Waals surface area contributed by atoms with Gasteiger partial charge in [-0.2, -0.15) is 4.98 Å². The van der Waals surface area contributed by atoms with Crippen LogP contribution in [0.25, 0.3) is 0 Å². The molecule has 0 unspecified atom stereocenters. The van der Waals surface area contributed by atoms with Gasteiger partial charge in [-0.1, -0.05) is 0 Å². The summed E-state index contributed by atoms with van der Waals surface area (Å²) in [6.45, 7) is 2.08. The highest BCUT2D eigenvalue weighted by molar-refractivity contribution is 5.72. The second kappa shape index (κ2) is 5.04. The van der Waals surface area contributed by atoms with Crippen molar-refractivity contribution in [2.75, 3.05) is 24.2 Å². The average molecular weight is 211 g/mol. The van der Waals surface area contributed by atoms with Crippen molar-refractivity contribution in [2.24, 2.45) is 0 Å². The van der Waals surface area contributed by atoms with Crippen LogP contribution in [0.1, 0.15) is 6.92 Å². The quantitative estimate of drug-likeness (QED) is 0.658. The lowest BCUT2D eigenvalue weighted by atomic mass is 10.4. The molecule has 0 fully saturated rings. The van der Waals surface area contributed by atoms with Crippen LogP contribution in [0.4, 0.5) is 11.5 Å². The number of aromatic nitrogens is 1. The minimum absolute atomic E-state index is 0.192. The van der Waals surface area contributed by atoms with Crippen molar-refractivity contribution < 1.29 is 14.6 Å². The van der Waals surface area contributed by atoms with E-state index in [1.807, 2.05) is 6.92 Å². The number of carboxylic acid groups (broad SMARTS) is 1. The molecule has 1 aromatic rings. The molecule has 0 saturated heterocycles. The van der Waals surface area contributed by atoms with E-state index in [-0.39, 0.29) is 6.54 Å². The standard InChI is InChI=1S/C9H13N3O3/c1-2-15-9-6(10)3-4-7(12-9)11-5-8(13)14/h3-4H,2,5,10H2,1H3,(H,11,12)(H,13,14). The van der Waals surface area contributed by atoms with Crippen LogP contribution >= 0.6 is 0 Å². The Bertz CT molecular complexity index is 354. The van der Waals surface area contributed by atoms with E-state index in [4.69, 9.17) is 15.6 Å². The summed E-state index contributed by atoms with van der Waals surface area (Å²) >= 11 is 0. The van der Waals surface area contributed by atoms with E-state index in [2.05, 4.69) is 10.3 Å². The van der Waals surface area contributed by atoms with Crippen molar-refractivity contribution in [1.29, 1.82) is 0 Å². The molecule has 1 rings (SSSR count). The number of anilines is 2. The molecule has 1 aromatic heterocycles. The van der Waals surface area contributed by atoms with Crippen molar-refractivity contribution in [1.82, 2.24) is 4.98 Å². The van der Waals surface area contributed by atoms with Gasteiger partial charge in [-0.15, -0.1) is 0 Å². The number of carboxylic acids is 1. The van der Waals surface area contributed by atoms with Gasteiger partial charge in [-0.3, -0.25) is 4.79 Å². The highest BCUT2D eigenvalue weighted by Crippen LogP contribution is 2.20. The molecule has 0 amide bonds. The largest absolute Gasteiger partial charge is 0.480 e. The number of nitrogens with two attached hydrogens (primary N) is 1. The van der Waals surface area contributed by atoms with Gasteiger partial charge in [0.25, 0.3) is 0 Å². The number of hydrogen-bond donors (Lipinski definition) is 3. The van der Waals surface area contributed by atoms with Crippen LogP contribution in [-0.4, -0.2) is 29.2 Å². The second-order valence-electron chi connectivity index (χ2n) is 2.77. The van der Waals surface area contributed by atoms with E-state index in [0.29, 0.717) is 24.0 Å². The molecule has 6 heteroatoms. The predicted octanol–water partition coefficient (Wildman–Crippen LogP) is 0.559. The van der Waals surface area contributed by atoms with Crippen molar-refractivity contribution in [2.45, 2.75) is 6.92 Å². The van der Waals surface area contributed by atoms with Crippen LogP contribution in [0.3, 0.4) is 0 Å². The second-order valence-corrected chi connectivity index (χ2v) is 2.77. The van der Waals surface area contributed by atoms with E-state index < -0.39 is 5.97 Å². The maximum absolute atomic E-state index is 10.3. The van der Waals surface area contributed by atoms with Gasteiger partial charge in [-0.25, -0.2) is 0 Å². The van der Waals surface area contributed by atoms with Crippen LogP contribution in [0, 0.1) is 0 Å². The van der Waals surface area contributed by atoms with E-state index in [0.717, 1.165) is 0 Å². The fourth-order valence-electron chi connectivity index (χ4n) is 0.968. The summed E-state index contributed by atoms with van der Waals surface area (Å²) in [6.07, 6.45) is 0. The normalized spacial score (nSPS) is 9.67. The zero-order valence-corrected chi connectivity index (χ0v) is 8.36. The molecule has 0 spiro atoms. The first-order valence-electron chi connectivity index (χ1n) is 4.48. The van der Waals surface area contributed by atoms with Crippen LogP contribution < -0.4 is 15.8 Å². The predicted molar refractivity (Wildman–Crippen MR) is 55.9 cm³/mol. The first kappa shape index (κ1) is 11.1. The summed E-state index contributed by atoms with van der Waals surface area (Å²) in [6, 6.07) is 3.21. The Morgan fingerprint density at radius 1 is 1.67 bits per heavy atom. The lowest BCUT2D eigenvalue weighted by molar-refractivity contribution is -0.134. The van der Waals surface area contributed by atoms with Crippen LogP contribution in [0.2, 0.25) is 0 Å². The molecule has 0 aromatic carbocycles. The summed E-state index contributed by atoms with van der Waals surface area (Å²) in [5.74, 6) is -0.213. The number of nitrogens with one attached hydrogen (secondary N) is 1. The Balaban J connectivity index is 2.73. The Hall–Kier alpha value is -1.98. The molecule has 1 heterocycles. The monoisotopic (exact) mass is 211 g/mol. The van der Waals surface area contributed by atoms with E-state index in [1.54, 1.807) is 12.1 Å². The SMILES string of the molecule is CCOc1nc(NCC(=O)O)ccc1N. The Morgan fingerprint density at radius 3 is 3.00 bits per heavy atom. The highest BCUT2D eigenvalue weighted by atomic mass is 16.5. The van der Waals surface area contributed by atoms with Gasteiger partial charge in [-0.05, 0) is 19.1 Å². The van der Waals surface area contributed by atoms with Gasteiger partial charge in [0.15, 0.2) is 0 Å². The fourth-order valence-corrected chi connectivity index (χ4v) is 0.968. The minimum atomic E-state index is -0.952. The maximum atomic E-state index is 10.3. The summed E-state index contributed by atoms with van der Waals surface area (Å²) < 4.78 is 5.16. The molecule has 0 aliphatic carbocycles. The number of rotatable bonds is 5. The van der Waals surface area contributed by atoms with Crippen LogP contribution in [-0.2, 0) is 4.79 Å². The third-order valence-corrected chi connectivity index (χ3v) is 1.59. The summed E-state index contributed by atoms with van der Waals surface area (Å²) in [7, 11) is 0. The number of hydrogen-bond acceptors (Lipinski definition) is 5. The van der Waals surface area contributed by atoms with Crippen LogP contribution in [0.5, 0.6) is 5.88 Å². The zero-order chi connectivity index (χ0) is 11.3. The van der Waals surface area contributed by atoms with Gasteiger partial charge in [0.1, 0.15) is 12.4 Å². The minimum Gasteiger partial charge on any atom is -0.480 e. The molecule has 0 aliphatic heterocycles. The molecular weight excluding hydrogens is 198 g/mol. The molecule has 82 valence electrons. The average Bonchev–Trinajstić information content (AvgIpc) is 2.19. The van der Waals surface area contributed by atoms with Gasteiger partial charge >= 0.3 is 5.97 Å². The molecule has 15 heavy (non-hydrogen) atoms. The van der Waals surface area contributed by atoms with Crippen molar-refractivity contribution >= 4 is 17.5 Å². The summed E-state index contributed by atoms with van der Waals surface area (Å²) in [5, 5.41) is 11.1. The molecular formula is C9H13N3O3. The van der Waals surface area contributed by atoms with Crippen molar-refractivity contribution in [3.8, 4) is 5.88 Å². The Morgan fingerprint density at radius 2 is 2.40 bits per heavy atom. The number of nitrogen functional groups attached to an aromatic ring is 1. The van der Waals surface area contributed by atoms with E-state index in [9.17, 15) is 4.79 Å². The number of carbonyl (C=O) groups is 1. The van der Waals surface area contributed by atoms with Crippen molar-refractivity contribution in [3.63, 3.8) is 0 Å². The first-order valence-corrected chi connectivity index (χ1v) is 4.48. The molecule has 0 atom stereocenters. The summed E-state index contributed by atoms with van der Waals surface area (Å²) in [5.41, 5.74) is 6.03. The first-order chi connectivity index (χ1) is 7.13. The lowest BCUT2D eigenvalue weighted by Crippen LogP contribution is -2.13. The third-order valence-electron chi connectivity index (χ3n) is 1.59. The molecule has 0 radical (unpaired) electrons. The molecule has 0 saturated carbocycles. The molecule has 6 nitrogen and oxygen atoms in total. The smallest absolute Gasteiger partial charge is 0.322 e. The van der Waals surface area contributed by atoms with E-state index in [1.165, 1.54) is 0 Å². The number of pyridine rings is 1. The van der Waals surface area contributed by atoms with Gasteiger partial charge in [0, 0.05) is 0 Å². The maximum Gasteiger partial charge on any atom is 0.322 e. The van der Waals surface area contributed by atoms with Crippen molar-refractivity contribution in [3.05, 3.63) is 12.1 Å². The van der Waals surface area contributed by atoms with Gasteiger partial charge in [0.05, 0.1) is 12.3 Å². The van der Waals surface area contributed by atoms with Crippen LogP contribution in [0.15, 0.2) is 12.1 Å². The number of nitrogens with zero attached hydrogens (tertiary/aromatic N) is 1. The summed E-state index contributed by atoms with van der Waals surface area (Å²) in [4.78, 5) is 14.3. The third kappa shape index (κ3) is 3.34.